The minimum Gasteiger partial charge on any atom is -0.493 e. The Morgan fingerprint density at radius 2 is 2.09 bits per heavy atom. The number of ether oxygens (including phenoxy) is 1. The molecule has 0 saturated carbocycles. The lowest BCUT2D eigenvalue weighted by Crippen LogP contribution is -2.08. The van der Waals surface area contributed by atoms with Gasteiger partial charge in [0.25, 0.3) is 0 Å². The summed E-state index contributed by atoms with van der Waals surface area (Å²) in [6, 6.07) is 11.7. The molecule has 2 heterocycles. The molecule has 3 rings (SSSR count). The zero-order valence-corrected chi connectivity index (χ0v) is 12.7. The third-order valence-electron chi connectivity index (χ3n) is 3.37. The highest BCUT2D eigenvalue weighted by atomic mass is 35.5. The second-order valence-electron chi connectivity index (χ2n) is 4.78. The topological polar surface area (TPSA) is 63.2 Å². The van der Waals surface area contributed by atoms with Gasteiger partial charge >= 0.3 is 0 Å². The summed E-state index contributed by atoms with van der Waals surface area (Å²) in [5, 5.41) is 13.6. The molecule has 1 aromatic carbocycles. The number of rotatable bonds is 4. The van der Waals surface area contributed by atoms with E-state index in [1.165, 1.54) is 10.7 Å². The summed E-state index contributed by atoms with van der Waals surface area (Å²) >= 11 is 6.39. The molecule has 6 heteroatoms. The van der Waals surface area contributed by atoms with Crippen molar-refractivity contribution in [1.29, 1.82) is 5.26 Å². The molecule has 0 unspecified atom stereocenters. The zero-order valence-electron chi connectivity index (χ0n) is 12.0. The fraction of sp³-hybridized carbons (Fsp3) is 0.188. The molecule has 0 aliphatic rings. The lowest BCUT2D eigenvalue weighted by Gasteiger charge is -2.10. The molecule has 0 radical (unpaired) electrons. The van der Waals surface area contributed by atoms with Crippen molar-refractivity contribution in [2.75, 3.05) is 6.61 Å². The van der Waals surface area contributed by atoms with E-state index in [4.69, 9.17) is 21.6 Å². The third-order valence-corrected chi connectivity index (χ3v) is 3.76. The van der Waals surface area contributed by atoms with Gasteiger partial charge in [-0.05, 0) is 19.1 Å². The third kappa shape index (κ3) is 2.61. The minimum atomic E-state index is 0.414. The van der Waals surface area contributed by atoms with Crippen LogP contribution < -0.4 is 4.74 Å². The van der Waals surface area contributed by atoms with Crippen LogP contribution in [-0.4, -0.2) is 21.2 Å². The molecule has 2 aromatic heterocycles. The van der Waals surface area contributed by atoms with E-state index in [1.54, 1.807) is 0 Å². The van der Waals surface area contributed by atoms with Crippen molar-refractivity contribution in [2.24, 2.45) is 0 Å². The average molecular weight is 313 g/mol. The summed E-state index contributed by atoms with van der Waals surface area (Å²) in [5.41, 5.74) is 2.55. The number of benzene rings is 1. The van der Waals surface area contributed by atoms with Gasteiger partial charge in [0.15, 0.2) is 5.65 Å². The number of nitrogens with zero attached hydrogens (tertiary/aromatic N) is 4. The van der Waals surface area contributed by atoms with Gasteiger partial charge in [0, 0.05) is 17.7 Å². The Labute approximate surface area is 132 Å². The van der Waals surface area contributed by atoms with Gasteiger partial charge < -0.3 is 4.74 Å². The van der Waals surface area contributed by atoms with Gasteiger partial charge in [0.2, 0.25) is 0 Å². The number of aromatic nitrogens is 3. The maximum absolute atomic E-state index is 9.04. The van der Waals surface area contributed by atoms with Gasteiger partial charge in [0.05, 0.1) is 12.8 Å². The van der Waals surface area contributed by atoms with Gasteiger partial charge in [-0.1, -0.05) is 29.8 Å². The van der Waals surface area contributed by atoms with Crippen molar-refractivity contribution in [2.45, 2.75) is 13.3 Å². The van der Waals surface area contributed by atoms with E-state index in [-0.39, 0.29) is 0 Å². The maximum atomic E-state index is 9.04. The molecule has 0 saturated heterocycles. The highest BCUT2D eigenvalue weighted by molar-refractivity contribution is 6.30. The quantitative estimate of drug-likeness (QED) is 0.694. The van der Waals surface area contributed by atoms with Gasteiger partial charge in [-0.2, -0.15) is 10.4 Å². The number of halogens is 1. The van der Waals surface area contributed by atoms with E-state index in [1.807, 2.05) is 37.3 Å². The summed E-state index contributed by atoms with van der Waals surface area (Å²) < 4.78 is 7.18. The molecule has 0 fully saturated rings. The summed E-state index contributed by atoms with van der Waals surface area (Å²) in [6.07, 6.45) is 2.09. The van der Waals surface area contributed by atoms with E-state index in [0.29, 0.717) is 29.4 Å². The summed E-state index contributed by atoms with van der Waals surface area (Å²) in [4.78, 5) is 4.43. The van der Waals surface area contributed by atoms with Crippen molar-refractivity contribution in [3.63, 3.8) is 0 Å². The van der Waals surface area contributed by atoms with Gasteiger partial charge in [0.1, 0.15) is 22.5 Å². The lowest BCUT2D eigenvalue weighted by atomic mass is 10.2. The van der Waals surface area contributed by atoms with Crippen LogP contribution in [0.2, 0.25) is 5.15 Å². The lowest BCUT2D eigenvalue weighted by molar-refractivity contribution is 0.321. The van der Waals surface area contributed by atoms with Crippen LogP contribution in [-0.2, 0) is 6.42 Å². The Morgan fingerprint density at radius 3 is 2.82 bits per heavy atom. The Kier molecular flexibility index (Phi) is 3.94. The Hall–Kier alpha value is -2.58. The van der Waals surface area contributed by atoms with Crippen LogP contribution in [0.4, 0.5) is 0 Å². The van der Waals surface area contributed by atoms with Crippen LogP contribution in [0.15, 0.2) is 36.5 Å². The molecular formula is C16H13ClN4O. The number of para-hydroxylation sites is 1. The number of hydrogen-bond donors (Lipinski definition) is 0. The average Bonchev–Trinajstić information content (AvgIpc) is 2.94. The maximum Gasteiger partial charge on any atom is 0.174 e. The first-order valence-electron chi connectivity index (χ1n) is 6.81. The molecule has 0 bridgehead atoms. The normalized spacial score (nSPS) is 10.6. The van der Waals surface area contributed by atoms with E-state index < -0.39 is 0 Å². The minimum absolute atomic E-state index is 0.414. The molecule has 5 nitrogen and oxygen atoms in total. The standard InChI is InChI=1S/C16H13ClN4O/c1-11-14(7-8-22-13-5-3-2-4-6-13)15(17)21-16(20-11)12(9-18)10-19-21/h2-6,10H,7-8H2,1H3. The van der Waals surface area contributed by atoms with Crippen molar-refractivity contribution in [3.8, 4) is 11.8 Å². The molecule has 0 aliphatic heterocycles. The largest absolute Gasteiger partial charge is 0.493 e. The molecule has 0 aliphatic carbocycles. The molecule has 0 spiro atoms. The molecule has 0 amide bonds. The first-order chi connectivity index (χ1) is 10.7. The van der Waals surface area contributed by atoms with Crippen molar-refractivity contribution < 1.29 is 4.74 Å². The Bertz CT molecular complexity index is 852. The number of nitriles is 1. The first-order valence-corrected chi connectivity index (χ1v) is 7.19. The second kappa shape index (κ2) is 6.04. The van der Waals surface area contributed by atoms with Crippen LogP contribution in [0.25, 0.3) is 5.65 Å². The molecule has 3 aromatic rings. The Balaban J connectivity index is 1.83. The fourth-order valence-electron chi connectivity index (χ4n) is 2.25. The van der Waals surface area contributed by atoms with Crippen LogP contribution in [0.5, 0.6) is 5.75 Å². The number of aryl methyl sites for hydroxylation is 1. The smallest absolute Gasteiger partial charge is 0.174 e. The summed E-state index contributed by atoms with van der Waals surface area (Å²) in [5.74, 6) is 0.816. The molecule has 0 N–H and O–H groups in total. The van der Waals surface area contributed by atoms with Crippen LogP contribution >= 0.6 is 11.6 Å². The van der Waals surface area contributed by atoms with E-state index in [2.05, 4.69) is 16.2 Å². The van der Waals surface area contributed by atoms with Gasteiger partial charge in [-0.3, -0.25) is 0 Å². The molecule has 22 heavy (non-hydrogen) atoms. The van der Waals surface area contributed by atoms with Crippen LogP contribution in [0.1, 0.15) is 16.8 Å². The van der Waals surface area contributed by atoms with Crippen molar-refractivity contribution in [1.82, 2.24) is 14.6 Å². The van der Waals surface area contributed by atoms with Crippen LogP contribution in [0, 0.1) is 18.3 Å². The van der Waals surface area contributed by atoms with Gasteiger partial charge in [-0.15, -0.1) is 0 Å². The second-order valence-corrected chi connectivity index (χ2v) is 5.14. The van der Waals surface area contributed by atoms with E-state index in [0.717, 1.165) is 17.0 Å². The predicted molar refractivity (Wildman–Crippen MR) is 83.1 cm³/mol. The van der Waals surface area contributed by atoms with E-state index >= 15 is 0 Å². The molecule has 0 atom stereocenters. The SMILES string of the molecule is Cc1nc2c(C#N)cnn2c(Cl)c1CCOc1ccccc1. The highest BCUT2D eigenvalue weighted by Crippen LogP contribution is 2.22. The molecule has 110 valence electrons. The summed E-state index contributed by atoms with van der Waals surface area (Å²) in [6.45, 7) is 2.36. The fourth-order valence-corrected chi connectivity index (χ4v) is 2.60. The van der Waals surface area contributed by atoms with E-state index in [9.17, 15) is 0 Å². The highest BCUT2D eigenvalue weighted by Gasteiger charge is 2.15. The molecular weight excluding hydrogens is 300 g/mol. The Morgan fingerprint density at radius 1 is 1.32 bits per heavy atom. The van der Waals surface area contributed by atoms with Crippen LogP contribution in [0.3, 0.4) is 0 Å². The number of hydrogen-bond acceptors (Lipinski definition) is 4. The summed E-state index contributed by atoms with van der Waals surface area (Å²) in [7, 11) is 0. The predicted octanol–water partition coefficient (Wildman–Crippen LogP) is 3.18. The zero-order chi connectivity index (χ0) is 15.5. The van der Waals surface area contributed by atoms with Crippen molar-refractivity contribution >= 4 is 17.2 Å². The van der Waals surface area contributed by atoms with Crippen molar-refractivity contribution in [3.05, 3.63) is 58.5 Å². The van der Waals surface area contributed by atoms with Gasteiger partial charge in [-0.25, -0.2) is 9.50 Å². The number of fused-ring (bicyclic) bond motifs is 1. The first kappa shape index (κ1) is 14.4. The monoisotopic (exact) mass is 312 g/mol.